The Morgan fingerprint density at radius 2 is 1.83 bits per heavy atom. The molecule has 0 spiro atoms. The summed E-state index contributed by atoms with van der Waals surface area (Å²) in [5, 5.41) is 28.2. The summed E-state index contributed by atoms with van der Waals surface area (Å²) in [5.74, 6) is -1.43. The average molecular weight is 809 g/mol. The third-order valence-electron chi connectivity index (χ3n) is 10.8. The van der Waals surface area contributed by atoms with Crippen molar-refractivity contribution < 1.29 is 50.9 Å². The number of carbonyl (C=O) groups excluding carboxylic acids is 2. The van der Waals surface area contributed by atoms with Gasteiger partial charge in [0, 0.05) is 54.8 Å². The van der Waals surface area contributed by atoms with Gasteiger partial charge in [-0.05, 0) is 68.7 Å². The quantitative estimate of drug-likeness (QED) is 0.121. The summed E-state index contributed by atoms with van der Waals surface area (Å²) >= 11 is 0. The van der Waals surface area contributed by atoms with Crippen molar-refractivity contribution in [1.29, 1.82) is 0 Å². The zero-order chi connectivity index (χ0) is 41.2. The number of pyridine rings is 1. The number of oxazole rings is 1. The van der Waals surface area contributed by atoms with Gasteiger partial charge in [-0.2, -0.15) is 13.2 Å². The molecular formula is C41H44F4N6O7. The van der Waals surface area contributed by atoms with Crippen LogP contribution in [0.4, 0.5) is 17.6 Å². The molecule has 2 aliphatic rings. The summed E-state index contributed by atoms with van der Waals surface area (Å²) in [6.45, 7) is 2.34. The van der Waals surface area contributed by atoms with Crippen LogP contribution in [0.5, 0.6) is 5.75 Å². The topological polar surface area (TPSA) is 166 Å². The smallest absolute Gasteiger partial charge is 0.405 e. The molecule has 0 saturated carbocycles. The Hall–Kier alpha value is -5.36. The SMILES string of the molecule is CC(C)(c1ncc(-c2ccc(F)cc2)o1)N1CCN(C[C@@H](O)C[C@@H](Cc2coc3cnccc23)C(=O)N[C@H]2c3ccccc3OC[C@H]2O)[C@H](C(=O)NCC(F)(F)F)C1. The van der Waals surface area contributed by atoms with Crippen molar-refractivity contribution in [1.82, 2.24) is 30.4 Å². The molecule has 308 valence electrons. The minimum absolute atomic E-state index is 0.0411. The van der Waals surface area contributed by atoms with E-state index in [2.05, 4.69) is 15.3 Å². The highest BCUT2D eigenvalue weighted by Crippen LogP contribution is 2.35. The molecule has 0 bridgehead atoms. The van der Waals surface area contributed by atoms with Gasteiger partial charge in [0.15, 0.2) is 11.3 Å². The second kappa shape index (κ2) is 16.9. The molecule has 13 nitrogen and oxygen atoms in total. The van der Waals surface area contributed by atoms with E-state index in [4.69, 9.17) is 13.6 Å². The highest BCUT2D eigenvalue weighted by molar-refractivity contribution is 5.84. The number of rotatable bonds is 13. The van der Waals surface area contributed by atoms with Gasteiger partial charge < -0.3 is 34.4 Å². The van der Waals surface area contributed by atoms with Crippen molar-refractivity contribution in [2.24, 2.45) is 5.92 Å². The second-order valence-electron chi connectivity index (χ2n) is 15.2. The van der Waals surface area contributed by atoms with Crippen LogP contribution in [0, 0.1) is 11.7 Å². The molecule has 5 atom stereocenters. The lowest BCUT2D eigenvalue weighted by atomic mass is 9.90. The average Bonchev–Trinajstić information content (AvgIpc) is 3.87. The Morgan fingerprint density at radius 3 is 2.60 bits per heavy atom. The predicted molar refractivity (Wildman–Crippen MR) is 202 cm³/mol. The Labute approximate surface area is 331 Å². The highest BCUT2D eigenvalue weighted by Gasteiger charge is 2.43. The number of para-hydroxylation sites is 1. The van der Waals surface area contributed by atoms with Crippen molar-refractivity contribution in [3.05, 3.63) is 102 Å². The molecule has 4 N–H and O–H groups in total. The van der Waals surface area contributed by atoms with Gasteiger partial charge in [-0.3, -0.25) is 24.4 Å². The van der Waals surface area contributed by atoms with E-state index >= 15 is 0 Å². The van der Waals surface area contributed by atoms with Crippen molar-refractivity contribution in [3.63, 3.8) is 0 Å². The number of carbonyl (C=O) groups is 2. The fraction of sp³-hybridized carbons (Fsp3) is 0.415. The Morgan fingerprint density at radius 1 is 1.05 bits per heavy atom. The minimum atomic E-state index is -4.66. The maximum atomic E-state index is 14.2. The molecule has 0 unspecified atom stereocenters. The first kappa shape index (κ1) is 40.8. The summed E-state index contributed by atoms with van der Waals surface area (Å²) in [4.78, 5) is 39.7. The van der Waals surface area contributed by atoms with E-state index in [0.29, 0.717) is 40.3 Å². The fourth-order valence-corrected chi connectivity index (χ4v) is 7.65. The Balaban J connectivity index is 1.10. The number of hydrogen-bond donors (Lipinski definition) is 4. The van der Waals surface area contributed by atoms with E-state index in [-0.39, 0.29) is 45.0 Å². The third kappa shape index (κ3) is 9.17. The number of aromatic nitrogens is 2. The number of benzene rings is 2. The van der Waals surface area contributed by atoms with Gasteiger partial charge in [-0.25, -0.2) is 9.37 Å². The molecule has 3 aromatic heterocycles. The molecule has 1 saturated heterocycles. The van der Waals surface area contributed by atoms with E-state index in [1.165, 1.54) is 24.6 Å². The first-order valence-corrected chi connectivity index (χ1v) is 18.9. The number of fused-ring (bicyclic) bond motifs is 2. The summed E-state index contributed by atoms with van der Waals surface area (Å²) < 4.78 is 70.8. The third-order valence-corrected chi connectivity index (χ3v) is 10.8. The molecule has 1 fully saturated rings. The molecule has 0 radical (unpaired) electrons. The first-order chi connectivity index (χ1) is 27.7. The minimum Gasteiger partial charge on any atom is -0.490 e. The number of aliphatic hydroxyl groups is 2. The first-order valence-electron chi connectivity index (χ1n) is 18.9. The monoisotopic (exact) mass is 808 g/mol. The van der Waals surface area contributed by atoms with Crippen LogP contribution in [0.15, 0.2) is 88.3 Å². The summed E-state index contributed by atoms with van der Waals surface area (Å²) in [6.07, 6.45) is -0.720. The van der Waals surface area contributed by atoms with Crippen LogP contribution in [-0.4, -0.2) is 106 Å². The highest BCUT2D eigenvalue weighted by atomic mass is 19.4. The largest absolute Gasteiger partial charge is 0.490 e. The van der Waals surface area contributed by atoms with E-state index in [1.54, 1.807) is 59.8 Å². The van der Waals surface area contributed by atoms with Gasteiger partial charge in [0.2, 0.25) is 17.7 Å². The summed E-state index contributed by atoms with van der Waals surface area (Å²) in [5.41, 5.74) is 1.45. The van der Waals surface area contributed by atoms with Crippen LogP contribution in [0.3, 0.4) is 0 Å². The van der Waals surface area contributed by atoms with Gasteiger partial charge in [0.1, 0.15) is 36.9 Å². The molecule has 0 aliphatic carbocycles. The molecule has 2 aliphatic heterocycles. The number of aliphatic hydroxyl groups excluding tert-OH is 2. The lowest BCUT2D eigenvalue weighted by molar-refractivity contribution is -0.144. The number of nitrogens with one attached hydrogen (secondary N) is 2. The predicted octanol–water partition coefficient (Wildman–Crippen LogP) is 4.74. The van der Waals surface area contributed by atoms with Crippen molar-refractivity contribution in [2.45, 2.75) is 62.7 Å². The number of piperazine rings is 1. The fourth-order valence-electron chi connectivity index (χ4n) is 7.65. The molecule has 58 heavy (non-hydrogen) atoms. The van der Waals surface area contributed by atoms with E-state index in [9.17, 15) is 37.4 Å². The van der Waals surface area contributed by atoms with Crippen molar-refractivity contribution >= 4 is 22.8 Å². The number of halogens is 4. The molecule has 2 aromatic carbocycles. The zero-order valence-corrected chi connectivity index (χ0v) is 31.8. The lowest BCUT2D eigenvalue weighted by Gasteiger charge is -2.46. The van der Waals surface area contributed by atoms with Gasteiger partial charge >= 0.3 is 6.18 Å². The standard InChI is InChI=1S/C41H44F4N6O7/c1-40(2,39-47-18-34(58-39)24-7-9-27(42)10-8-24)51-14-13-50(31(20-51)38(55)48-23-41(43,44)45)19-28(52)16-25(15-26-21-56-35-17-46-12-11-29(26)35)37(54)49-36-30-5-3-4-6-33(30)57-22-32(36)53/h3-12,17-18,21,25,28,31-32,36,52-53H,13-16,19-20,22-23H2,1-2H3,(H,48,55)(H,49,54)/t25-,28+,31+,32-,36+/m1/s1. The Bertz CT molecular complexity index is 2210. The summed E-state index contributed by atoms with van der Waals surface area (Å²) in [7, 11) is 0. The molecule has 2 amide bonds. The lowest BCUT2D eigenvalue weighted by Crippen LogP contribution is -2.63. The van der Waals surface area contributed by atoms with E-state index in [0.717, 1.165) is 5.39 Å². The van der Waals surface area contributed by atoms with Crippen LogP contribution in [0.2, 0.25) is 0 Å². The number of amides is 2. The maximum absolute atomic E-state index is 14.2. The second-order valence-corrected chi connectivity index (χ2v) is 15.2. The van der Waals surface area contributed by atoms with Crippen LogP contribution >= 0.6 is 0 Å². The van der Waals surface area contributed by atoms with Crippen LogP contribution in [0.1, 0.15) is 43.3 Å². The van der Waals surface area contributed by atoms with Gasteiger partial charge in [-0.1, -0.05) is 18.2 Å². The number of ether oxygens (including phenoxy) is 1. The van der Waals surface area contributed by atoms with Gasteiger partial charge in [0.25, 0.3) is 0 Å². The normalized spacial score (nSPS) is 20.2. The number of alkyl halides is 3. The number of nitrogens with zero attached hydrogens (tertiary/aromatic N) is 4. The molecule has 5 heterocycles. The van der Waals surface area contributed by atoms with Crippen molar-refractivity contribution in [3.8, 4) is 17.1 Å². The van der Waals surface area contributed by atoms with Crippen LogP contribution in [-0.2, 0) is 21.5 Å². The summed E-state index contributed by atoms with van der Waals surface area (Å²) in [6, 6.07) is 12.6. The van der Waals surface area contributed by atoms with E-state index in [1.807, 2.05) is 24.1 Å². The molecule has 5 aromatic rings. The zero-order valence-electron chi connectivity index (χ0n) is 31.8. The van der Waals surface area contributed by atoms with Crippen molar-refractivity contribution in [2.75, 3.05) is 39.3 Å². The number of hydrogen-bond acceptors (Lipinski definition) is 11. The Kier molecular flexibility index (Phi) is 11.9. The number of furan rings is 1. The molecule has 17 heteroatoms. The molecule has 7 rings (SSSR count). The number of β-amino-alcohol motifs (C(OH)–C–C–N with tert-alkyl or cyclic N) is 1. The van der Waals surface area contributed by atoms with Gasteiger partial charge in [0.05, 0.1) is 36.3 Å². The molecular weight excluding hydrogens is 764 g/mol. The van der Waals surface area contributed by atoms with E-state index < -0.39 is 66.1 Å². The van der Waals surface area contributed by atoms with Gasteiger partial charge in [-0.15, -0.1) is 0 Å². The van der Waals surface area contributed by atoms with Crippen LogP contribution in [0.25, 0.3) is 22.3 Å². The van der Waals surface area contributed by atoms with Crippen LogP contribution < -0.4 is 15.4 Å². The maximum Gasteiger partial charge on any atom is 0.405 e.